The van der Waals surface area contributed by atoms with Crippen molar-refractivity contribution in [3.05, 3.63) is 53.7 Å². The number of rotatable bonds is 4. The Bertz CT molecular complexity index is 660. The zero-order valence-electron chi connectivity index (χ0n) is 11.6. The Hall–Kier alpha value is -2.50. The van der Waals surface area contributed by atoms with E-state index in [1.807, 2.05) is 13.8 Å². The summed E-state index contributed by atoms with van der Waals surface area (Å²) in [6.45, 7) is 3.88. The van der Waals surface area contributed by atoms with Gasteiger partial charge in [0.15, 0.2) is 17.3 Å². The van der Waals surface area contributed by atoms with Crippen LogP contribution >= 0.6 is 0 Å². The van der Waals surface area contributed by atoms with Gasteiger partial charge >= 0.3 is 5.97 Å². The number of aromatic nitrogens is 1. The Morgan fingerprint density at radius 2 is 1.95 bits per heavy atom. The zero-order valence-corrected chi connectivity index (χ0v) is 11.6. The molecule has 1 aromatic carbocycles. The number of nitrogens with zero attached hydrogens (tertiary/aromatic N) is 1. The summed E-state index contributed by atoms with van der Waals surface area (Å²) in [6, 6.07) is 7.88. The molecule has 0 saturated carbocycles. The molecule has 0 amide bonds. The lowest BCUT2D eigenvalue weighted by Crippen LogP contribution is -2.15. The normalized spacial score (nSPS) is 10.5. The average molecular weight is 292 g/mol. The number of ether oxygens (including phenoxy) is 1. The topological polar surface area (TPSA) is 51.2 Å². The van der Waals surface area contributed by atoms with Gasteiger partial charge in [-0.3, -0.25) is 0 Å². The van der Waals surface area contributed by atoms with Crippen LogP contribution < -0.4 is 10.1 Å². The molecule has 0 spiro atoms. The lowest BCUT2D eigenvalue weighted by atomic mass is 10.3. The van der Waals surface area contributed by atoms with Crippen molar-refractivity contribution in [2.24, 2.45) is 0 Å². The van der Waals surface area contributed by atoms with Gasteiger partial charge in [-0.25, -0.2) is 18.6 Å². The summed E-state index contributed by atoms with van der Waals surface area (Å²) in [4.78, 5) is 16.0. The SMILES string of the molecule is CC(C)Nc1cccc(C(=O)Oc2ccc(F)c(F)c2)n1. The first kappa shape index (κ1) is 14.9. The summed E-state index contributed by atoms with van der Waals surface area (Å²) in [6.07, 6.45) is 0. The molecule has 2 aromatic rings. The summed E-state index contributed by atoms with van der Waals surface area (Å²) >= 11 is 0. The molecule has 110 valence electrons. The number of carbonyl (C=O) groups excluding carboxylic acids is 1. The summed E-state index contributed by atoms with van der Waals surface area (Å²) in [7, 11) is 0. The minimum Gasteiger partial charge on any atom is -0.422 e. The van der Waals surface area contributed by atoms with E-state index in [1.165, 1.54) is 12.1 Å². The van der Waals surface area contributed by atoms with Gasteiger partial charge in [0, 0.05) is 12.1 Å². The first-order valence-corrected chi connectivity index (χ1v) is 6.36. The molecule has 6 heteroatoms. The van der Waals surface area contributed by atoms with Gasteiger partial charge in [0.1, 0.15) is 11.6 Å². The number of nitrogens with one attached hydrogen (secondary N) is 1. The Kier molecular flexibility index (Phi) is 4.47. The highest BCUT2D eigenvalue weighted by atomic mass is 19.2. The van der Waals surface area contributed by atoms with E-state index in [2.05, 4.69) is 10.3 Å². The Balaban J connectivity index is 2.14. The van der Waals surface area contributed by atoms with E-state index in [4.69, 9.17) is 4.74 Å². The van der Waals surface area contributed by atoms with Crippen molar-refractivity contribution in [3.8, 4) is 5.75 Å². The minimum absolute atomic E-state index is 0.0744. The van der Waals surface area contributed by atoms with Gasteiger partial charge in [-0.2, -0.15) is 0 Å². The van der Waals surface area contributed by atoms with E-state index in [1.54, 1.807) is 12.1 Å². The van der Waals surface area contributed by atoms with E-state index >= 15 is 0 Å². The molecule has 0 saturated heterocycles. The number of hydrogen-bond donors (Lipinski definition) is 1. The molecule has 0 aliphatic rings. The molecular formula is C15H14F2N2O2. The highest BCUT2D eigenvalue weighted by molar-refractivity contribution is 5.89. The molecule has 0 unspecified atom stereocenters. The summed E-state index contributed by atoms with van der Waals surface area (Å²) in [5, 5.41) is 3.05. The Morgan fingerprint density at radius 3 is 2.62 bits per heavy atom. The molecule has 0 aliphatic heterocycles. The maximum Gasteiger partial charge on any atom is 0.362 e. The van der Waals surface area contributed by atoms with Gasteiger partial charge < -0.3 is 10.1 Å². The number of carbonyl (C=O) groups is 1. The van der Waals surface area contributed by atoms with Crippen molar-refractivity contribution in [2.75, 3.05) is 5.32 Å². The fourth-order valence-electron chi connectivity index (χ4n) is 1.62. The van der Waals surface area contributed by atoms with Crippen molar-refractivity contribution in [3.63, 3.8) is 0 Å². The molecule has 4 nitrogen and oxygen atoms in total. The average Bonchev–Trinajstić information content (AvgIpc) is 2.42. The van der Waals surface area contributed by atoms with Crippen molar-refractivity contribution < 1.29 is 18.3 Å². The van der Waals surface area contributed by atoms with Gasteiger partial charge in [0.25, 0.3) is 0 Å². The van der Waals surface area contributed by atoms with Crippen LogP contribution in [0.25, 0.3) is 0 Å². The molecule has 1 heterocycles. The summed E-state index contributed by atoms with van der Waals surface area (Å²) in [5.74, 6) is -2.37. The molecule has 0 bridgehead atoms. The lowest BCUT2D eigenvalue weighted by molar-refractivity contribution is 0.0728. The van der Waals surface area contributed by atoms with Crippen LogP contribution in [0.2, 0.25) is 0 Å². The van der Waals surface area contributed by atoms with E-state index in [9.17, 15) is 13.6 Å². The Labute approximate surface area is 120 Å². The number of anilines is 1. The molecule has 21 heavy (non-hydrogen) atoms. The predicted molar refractivity (Wildman–Crippen MR) is 74.3 cm³/mol. The van der Waals surface area contributed by atoms with Crippen LogP contribution in [0.5, 0.6) is 5.75 Å². The van der Waals surface area contributed by atoms with Crippen LogP contribution in [-0.2, 0) is 0 Å². The monoisotopic (exact) mass is 292 g/mol. The molecule has 1 N–H and O–H groups in total. The second-order valence-corrected chi connectivity index (χ2v) is 4.67. The standard InChI is InChI=1S/C15H14F2N2O2/c1-9(2)18-14-5-3-4-13(19-14)15(20)21-10-6-7-11(16)12(17)8-10/h3-9H,1-2H3,(H,18,19). The number of pyridine rings is 1. The molecule has 0 fully saturated rings. The number of esters is 1. The van der Waals surface area contributed by atoms with Gasteiger partial charge in [-0.1, -0.05) is 6.07 Å². The fraction of sp³-hybridized carbons (Fsp3) is 0.200. The number of halogens is 2. The molecular weight excluding hydrogens is 278 g/mol. The minimum atomic E-state index is -1.08. The van der Waals surface area contributed by atoms with Gasteiger partial charge in [-0.05, 0) is 38.1 Å². The van der Waals surface area contributed by atoms with Crippen LogP contribution in [-0.4, -0.2) is 17.0 Å². The molecule has 0 aliphatic carbocycles. The quantitative estimate of drug-likeness (QED) is 0.693. The maximum absolute atomic E-state index is 13.0. The van der Waals surface area contributed by atoms with Crippen LogP contribution in [0.4, 0.5) is 14.6 Å². The smallest absolute Gasteiger partial charge is 0.362 e. The third-order valence-corrected chi connectivity index (χ3v) is 2.50. The third-order valence-electron chi connectivity index (χ3n) is 2.50. The fourth-order valence-corrected chi connectivity index (χ4v) is 1.62. The molecule has 0 atom stereocenters. The third kappa shape index (κ3) is 3.98. The first-order valence-electron chi connectivity index (χ1n) is 6.36. The van der Waals surface area contributed by atoms with Crippen LogP contribution in [0.15, 0.2) is 36.4 Å². The first-order chi connectivity index (χ1) is 9.95. The predicted octanol–water partition coefficient (Wildman–Crippen LogP) is 3.40. The molecule has 1 aromatic heterocycles. The van der Waals surface area contributed by atoms with Gasteiger partial charge in [-0.15, -0.1) is 0 Å². The van der Waals surface area contributed by atoms with E-state index < -0.39 is 17.6 Å². The maximum atomic E-state index is 13.0. The molecule has 0 radical (unpaired) electrons. The highest BCUT2D eigenvalue weighted by Crippen LogP contribution is 2.17. The zero-order chi connectivity index (χ0) is 15.4. The lowest BCUT2D eigenvalue weighted by Gasteiger charge is -2.10. The van der Waals surface area contributed by atoms with Gasteiger partial charge in [0.05, 0.1) is 0 Å². The van der Waals surface area contributed by atoms with Crippen molar-refractivity contribution in [1.82, 2.24) is 4.98 Å². The van der Waals surface area contributed by atoms with Crippen molar-refractivity contribution in [1.29, 1.82) is 0 Å². The van der Waals surface area contributed by atoms with Crippen LogP contribution in [0, 0.1) is 11.6 Å². The second kappa shape index (κ2) is 6.30. The largest absolute Gasteiger partial charge is 0.422 e. The van der Waals surface area contributed by atoms with Gasteiger partial charge in [0.2, 0.25) is 0 Å². The van der Waals surface area contributed by atoms with E-state index in [-0.39, 0.29) is 17.5 Å². The molecule has 2 rings (SSSR count). The van der Waals surface area contributed by atoms with E-state index in [0.29, 0.717) is 5.82 Å². The highest BCUT2D eigenvalue weighted by Gasteiger charge is 2.13. The number of benzene rings is 1. The van der Waals surface area contributed by atoms with Crippen LogP contribution in [0.3, 0.4) is 0 Å². The van der Waals surface area contributed by atoms with E-state index in [0.717, 1.165) is 12.1 Å². The summed E-state index contributed by atoms with van der Waals surface area (Å²) < 4.78 is 30.8. The Morgan fingerprint density at radius 1 is 1.19 bits per heavy atom. The van der Waals surface area contributed by atoms with Crippen LogP contribution in [0.1, 0.15) is 24.3 Å². The van der Waals surface area contributed by atoms with Crippen molar-refractivity contribution >= 4 is 11.8 Å². The summed E-state index contributed by atoms with van der Waals surface area (Å²) in [5.41, 5.74) is 0.0744. The number of hydrogen-bond acceptors (Lipinski definition) is 4. The van der Waals surface area contributed by atoms with Crippen molar-refractivity contribution in [2.45, 2.75) is 19.9 Å². The second-order valence-electron chi connectivity index (χ2n) is 4.67.